The smallest absolute Gasteiger partial charge is 0.0918 e. The number of hydrogen-bond acceptors (Lipinski definition) is 1. The van der Waals surface area contributed by atoms with Crippen molar-refractivity contribution in [3.63, 3.8) is 0 Å². The van der Waals surface area contributed by atoms with Crippen LogP contribution in [0.15, 0.2) is 0 Å². The second-order valence-electron chi connectivity index (χ2n) is 4.74. The third-order valence-electron chi connectivity index (χ3n) is 3.01. The van der Waals surface area contributed by atoms with Crippen LogP contribution in [0.5, 0.6) is 0 Å². The Balaban J connectivity index is 1.71. The molecule has 92 valence electrons. The summed E-state index contributed by atoms with van der Waals surface area (Å²) in [6.07, 6.45) is 13.6. The summed E-state index contributed by atoms with van der Waals surface area (Å²) in [6.45, 7) is 3.21. The van der Waals surface area contributed by atoms with E-state index in [1.165, 1.54) is 51.4 Å². The van der Waals surface area contributed by atoms with Crippen molar-refractivity contribution in [1.82, 2.24) is 0 Å². The number of unbranched alkanes of at least 4 members (excludes halogenated alkanes) is 8. The highest BCUT2D eigenvalue weighted by Gasteiger charge is 2.20. The highest BCUT2D eigenvalue weighted by atomic mass is 16.6. The molecule has 1 unspecified atom stereocenters. The lowest BCUT2D eigenvalue weighted by Crippen LogP contribution is -1.81. The van der Waals surface area contributed by atoms with Crippen molar-refractivity contribution < 1.29 is 4.74 Å². The lowest BCUT2D eigenvalue weighted by Gasteiger charge is -1.99. The van der Waals surface area contributed by atoms with Crippen LogP contribution in [0.4, 0.5) is 0 Å². The van der Waals surface area contributed by atoms with Crippen molar-refractivity contribution in [3.8, 4) is 11.8 Å². The molecule has 0 aromatic heterocycles. The highest BCUT2D eigenvalue weighted by molar-refractivity contribution is 5.01. The first kappa shape index (κ1) is 13.6. The van der Waals surface area contributed by atoms with Crippen molar-refractivity contribution in [2.45, 2.75) is 77.2 Å². The SMILES string of the molecule is CCCCCCCCCCC#CCC1CO1. The molecule has 1 aliphatic rings. The standard InChI is InChI=1S/C15H26O/c1-2-3-4-5-6-7-8-9-10-11-12-13-15-14-16-15/h15H,2-10,13-14H2,1H3. The van der Waals surface area contributed by atoms with Crippen LogP contribution in [-0.4, -0.2) is 12.7 Å². The average Bonchev–Trinajstić information content (AvgIpc) is 3.10. The van der Waals surface area contributed by atoms with Crippen LogP contribution < -0.4 is 0 Å². The summed E-state index contributed by atoms with van der Waals surface area (Å²) < 4.78 is 5.10. The van der Waals surface area contributed by atoms with Gasteiger partial charge in [-0.05, 0) is 6.42 Å². The van der Waals surface area contributed by atoms with Gasteiger partial charge >= 0.3 is 0 Å². The van der Waals surface area contributed by atoms with E-state index in [0.29, 0.717) is 6.10 Å². The normalized spacial score (nSPS) is 17.9. The van der Waals surface area contributed by atoms with Gasteiger partial charge in [-0.25, -0.2) is 0 Å². The van der Waals surface area contributed by atoms with Gasteiger partial charge < -0.3 is 4.74 Å². The molecule has 0 aromatic rings. The Labute approximate surface area is 101 Å². The first-order chi connectivity index (χ1) is 7.93. The van der Waals surface area contributed by atoms with Crippen LogP contribution in [0, 0.1) is 11.8 Å². The molecule has 0 saturated carbocycles. The summed E-state index contributed by atoms with van der Waals surface area (Å²) in [5.74, 6) is 6.43. The minimum absolute atomic E-state index is 0.478. The Morgan fingerprint density at radius 2 is 1.56 bits per heavy atom. The molecule has 1 atom stereocenters. The van der Waals surface area contributed by atoms with Crippen LogP contribution in [0.2, 0.25) is 0 Å². The summed E-state index contributed by atoms with van der Waals surface area (Å²) >= 11 is 0. The molecule has 1 saturated heterocycles. The Bertz CT molecular complexity index is 207. The van der Waals surface area contributed by atoms with E-state index in [0.717, 1.165) is 19.4 Å². The third kappa shape index (κ3) is 8.80. The van der Waals surface area contributed by atoms with Crippen LogP contribution >= 0.6 is 0 Å². The molecule has 1 heteroatoms. The summed E-state index contributed by atoms with van der Waals surface area (Å²) in [5, 5.41) is 0. The first-order valence-electron chi connectivity index (χ1n) is 7.01. The van der Waals surface area contributed by atoms with Crippen molar-refractivity contribution in [2.75, 3.05) is 6.61 Å². The fraction of sp³-hybridized carbons (Fsp3) is 0.867. The third-order valence-corrected chi connectivity index (χ3v) is 3.01. The van der Waals surface area contributed by atoms with Crippen molar-refractivity contribution in [3.05, 3.63) is 0 Å². The van der Waals surface area contributed by atoms with Gasteiger partial charge in [-0.2, -0.15) is 0 Å². The molecule has 1 fully saturated rings. The minimum atomic E-state index is 0.478. The number of epoxide rings is 1. The molecule has 1 heterocycles. The second-order valence-corrected chi connectivity index (χ2v) is 4.74. The summed E-state index contributed by atoms with van der Waals surface area (Å²) in [4.78, 5) is 0. The molecular formula is C15H26O. The van der Waals surface area contributed by atoms with E-state index in [9.17, 15) is 0 Å². The molecule has 0 bridgehead atoms. The Morgan fingerprint density at radius 1 is 0.938 bits per heavy atom. The molecule has 1 aliphatic heterocycles. The molecule has 16 heavy (non-hydrogen) atoms. The van der Waals surface area contributed by atoms with E-state index in [1.54, 1.807) is 0 Å². The van der Waals surface area contributed by atoms with Crippen LogP contribution in [-0.2, 0) is 4.74 Å². The molecule has 0 aromatic carbocycles. The summed E-state index contributed by atoms with van der Waals surface area (Å²) in [7, 11) is 0. The van der Waals surface area contributed by atoms with Gasteiger partial charge in [-0.3, -0.25) is 0 Å². The largest absolute Gasteiger partial charge is 0.372 e. The maximum atomic E-state index is 5.10. The van der Waals surface area contributed by atoms with Gasteiger partial charge in [0.05, 0.1) is 12.7 Å². The molecule has 1 nitrogen and oxygen atoms in total. The topological polar surface area (TPSA) is 12.5 Å². The quantitative estimate of drug-likeness (QED) is 0.322. The predicted molar refractivity (Wildman–Crippen MR) is 69.4 cm³/mol. The fourth-order valence-corrected chi connectivity index (χ4v) is 1.81. The summed E-state index contributed by atoms with van der Waals surface area (Å²) in [5.41, 5.74) is 0. The van der Waals surface area contributed by atoms with E-state index in [2.05, 4.69) is 18.8 Å². The monoisotopic (exact) mass is 222 g/mol. The molecule has 0 aliphatic carbocycles. The Hall–Kier alpha value is -0.480. The minimum Gasteiger partial charge on any atom is -0.372 e. The van der Waals surface area contributed by atoms with Crippen molar-refractivity contribution in [2.24, 2.45) is 0 Å². The molecule has 0 radical (unpaired) electrons. The first-order valence-corrected chi connectivity index (χ1v) is 7.01. The van der Waals surface area contributed by atoms with Crippen molar-refractivity contribution in [1.29, 1.82) is 0 Å². The van der Waals surface area contributed by atoms with E-state index >= 15 is 0 Å². The predicted octanol–water partition coefficient (Wildman–Crippen LogP) is 4.31. The van der Waals surface area contributed by atoms with Gasteiger partial charge in [0.25, 0.3) is 0 Å². The average molecular weight is 222 g/mol. The second kappa shape index (κ2) is 9.73. The Kier molecular flexibility index (Phi) is 8.26. The summed E-state index contributed by atoms with van der Waals surface area (Å²) in [6, 6.07) is 0. The number of ether oxygens (including phenoxy) is 1. The molecule has 0 N–H and O–H groups in total. The van der Waals surface area contributed by atoms with E-state index in [-0.39, 0.29) is 0 Å². The lowest BCUT2D eigenvalue weighted by molar-refractivity contribution is 0.412. The van der Waals surface area contributed by atoms with E-state index < -0.39 is 0 Å². The van der Waals surface area contributed by atoms with Crippen LogP contribution in [0.25, 0.3) is 0 Å². The maximum absolute atomic E-state index is 5.10. The number of hydrogen-bond donors (Lipinski definition) is 0. The van der Waals surface area contributed by atoms with Gasteiger partial charge in [-0.1, -0.05) is 51.9 Å². The van der Waals surface area contributed by atoms with Crippen LogP contribution in [0.3, 0.4) is 0 Å². The molecular weight excluding hydrogens is 196 g/mol. The van der Waals surface area contributed by atoms with Gasteiger partial charge in [0, 0.05) is 12.8 Å². The molecule has 0 amide bonds. The molecule has 0 spiro atoms. The molecule has 1 rings (SSSR count). The maximum Gasteiger partial charge on any atom is 0.0918 e. The fourth-order valence-electron chi connectivity index (χ4n) is 1.81. The van der Waals surface area contributed by atoms with Gasteiger partial charge in [0.1, 0.15) is 0 Å². The zero-order valence-corrected chi connectivity index (χ0v) is 10.8. The zero-order valence-electron chi connectivity index (χ0n) is 10.8. The zero-order chi connectivity index (χ0) is 11.5. The van der Waals surface area contributed by atoms with Crippen molar-refractivity contribution >= 4 is 0 Å². The van der Waals surface area contributed by atoms with E-state index in [1.807, 2.05) is 0 Å². The highest BCUT2D eigenvalue weighted by Crippen LogP contribution is 2.12. The van der Waals surface area contributed by atoms with Gasteiger partial charge in [0.2, 0.25) is 0 Å². The Morgan fingerprint density at radius 3 is 2.19 bits per heavy atom. The van der Waals surface area contributed by atoms with Gasteiger partial charge in [-0.15, -0.1) is 11.8 Å². The lowest BCUT2D eigenvalue weighted by atomic mass is 10.1. The van der Waals surface area contributed by atoms with Crippen LogP contribution in [0.1, 0.15) is 71.1 Å². The number of rotatable bonds is 9. The van der Waals surface area contributed by atoms with Gasteiger partial charge in [0.15, 0.2) is 0 Å². The van der Waals surface area contributed by atoms with E-state index in [4.69, 9.17) is 4.74 Å².